The van der Waals surface area contributed by atoms with Crippen molar-refractivity contribution in [3.8, 4) is 17.2 Å². The summed E-state index contributed by atoms with van der Waals surface area (Å²) in [7, 11) is 2.18. The van der Waals surface area contributed by atoms with Crippen LogP contribution in [0, 0.1) is 0 Å². The Morgan fingerprint density at radius 3 is 2.18 bits per heavy atom. The minimum Gasteiger partial charge on any atom is -0.496 e. The second-order valence-corrected chi connectivity index (χ2v) is 7.55. The van der Waals surface area contributed by atoms with Gasteiger partial charge in [-0.1, -0.05) is 6.07 Å². The van der Waals surface area contributed by atoms with Crippen LogP contribution in [0.4, 0.5) is 0 Å². The molecule has 0 saturated carbocycles. The summed E-state index contributed by atoms with van der Waals surface area (Å²) in [5.41, 5.74) is 1.04. The Hall–Kier alpha value is -2.78. The predicted molar refractivity (Wildman–Crippen MR) is 105 cm³/mol. The summed E-state index contributed by atoms with van der Waals surface area (Å²) in [5.74, 6) is 1.04. The SMILES string of the molecule is CNC(=O)c1cc(S(=O)(=O)NCCc2ccc(OC)c(OC)c2)ccc1OC. The van der Waals surface area contributed by atoms with Crippen LogP contribution in [0.25, 0.3) is 0 Å². The number of nitrogens with one attached hydrogen (secondary N) is 2. The van der Waals surface area contributed by atoms with Gasteiger partial charge >= 0.3 is 0 Å². The molecular formula is C19H24N2O6S. The maximum absolute atomic E-state index is 12.6. The van der Waals surface area contributed by atoms with Crippen molar-refractivity contribution in [3.05, 3.63) is 47.5 Å². The summed E-state index contributed by atoms with van der Waals surface area (Å²) < 4.78 is 43.3. The minimum atomic E-state index is -3.79. The Balaban J connectivity index is 2.13. The number of methoxy groups -OCH3 is 3. The van der Waals surface area contributed by atoms with Crippen molar-refractivity contribution in [1.29, 1.82) is 0 Å². The normalized spacial score (nSPS) is 11.0. The Morgan fingerprint density at radius 1 is 0.929 bits per heavy atom. The van der Waals surface area contributed by atoms with E-state index in [9.17, 15) is 13.2 Å². The van der Waals surface area contributed by atoms with Crippen LogP contribution in [-0.2, 0) is 16.4 Å². The molecule has 28 heavy (non-hydrogen) atoms. The average Bonchev–Trinajstić information content (AvgIpc) is 2.72. The lowest BCUT2D eigenvalue weighted by molar-refractivity contribution is 0.0960. The van der Waals surface area contributed by atoms with E-state index in [0.717, 1.165) is 5.56 Å². The number of amides is 1. The highest BCUT2D eigenvalue weighted by atomic mass is 32.2. The molecule has 0 unspecified atom stereocenters. The monoisotopic (exact) mass is 408 g/mol. The minimum absolute atomic E-state index is 0.0146. The lowest BCUT2D eigenvalue weighted by atomic mass is 10.1. The van der Waals surface area contributed by atoms with Crippen molar-refractivity contribution in [2.24, 2.45) is 0 Å². The number of carbonyl (C=O) groups excluding carboxylic acids is 1. The fourth-order valence-corrected chi connectivity index (χ4v) is 3.67. The summed E-state index contributed by atoms with van der Waals surface area (Å²) in [6.07, 6.45) is 0.456. The van der Waals surface area contributed by atoms with Crippen molar-refractivity contribution < 1.29 is 27.4 Å². The van der Waals surface area contributed by atoms with Crippen LogP contribution in [-0.4, -0.2) is 49.2 Å². The molecule has 0 spiro atoms. The van der Waals surface area contributed by atoms with Crippen molar-refractivity contribution in [2.45, 2.75) is 11.3 Å². The van der Waals surface area contributed by atoms with Gasteiger partial charge in [-0.05, 0) is 42.3 Å². The zero-order chi connectivity index (χ0) is 20.7. The van der Waals surface area contributed by atoms with Crippen molar-refractivity contribution in [2.75, 3.05) is 34.9 Å². The molecule has 0 aliphatic carbocycles. The zero-order valence-corrected chi connectivity index (χ0v) is 17.1. The summed E-state index contributed by atoms with van der Waals surface area (Å²) in [6.45, 7) is 0.180. The molecule has 2 rings (SSSR count). The summed E-state index contributed by atoms with van der Waals surface area (Å²) in [5, 5.41) is 2.46. The van der Waals surface area contributed by atoms with Crippen molar-refractivity contribution >= 4 is 15.9 Å². The van der Waals surface area contributed by atoms with Gasteiger partial charge in [0, 0.05) is 13.6 Å². The van der Waals surface area contributed by atoms with Crippen molar-refractivity contribution in [1.82, 2.24) is 10.0 Å². The molecule has 0 saturated heterocycles. The van der Waals surface area contributed by atoms with Crippen LogP contribution in [0.2, 0.25) is 0 Å². The molecule has 0 fully saturated rings. The molecule has 9 heteroatoms. The molecule has 0 atom stereocenters. The number of ether oxygens (including phenoxy) is 3. The predicted octanol–water partition coefficient (Wildman–Crippen LogP) is 1.59. The van der Waals surface area contributed by atoms with E-state index in [4.69, 9.17) is 14.2 Å². The first-order valence-electron chi connectivity index (χ1n) is 8.47. The van der Waals surface area contributed by atoms with Gasteiger partial charge < -0.3 is 19.5 Å². The molecule has 0 radical (unpaired) electrons. The molecule has 0 heterocycles. The van der Waals surface area contributed by atoms with E-state index in [-0.39, 0.29) is 17.0 Å². The van der Waals surface area contributed by atoms with E-state index in [1.165, 1.54) is 39.5 Å². The largest absolute Gasteiger partial charge is 0.496 e. The molecule has 0 aromatic heterocycles. The van der Waals surface area contributed by atoms with Gasteiger partial charge in [0.05, 0.1) is 31.8 Å². The van der Waals surface area contributed by atoms with E-state index >= 15 is 0 Å². The van der Waals surface area contributed by atoms with Gasteiger partial charge in [0.25, 0.3) is 5.91 Å². The number of sulfonamides is 1. The molecule has 2 N–H and O–H groups in total. The lowest BCUT2D eigenvalue weighted by Crippen LogP contribution is -2.27. The second-order valence-electron chi connectivity index (χ2n) is 5.78. The van der Waals surface area contributed by atoms with Crippen LogP contribution >= 0.6 is 0 Å². The van der Waals surface area contributed by atoms with Crippen LogP contribution in [0.3, 0.4) is 0 Å². The highest BCUT2D eigenvalue weighted by Crippen LogP contribution is 2.27. The number of hydrogen-bond donors (Lipinski definition) is 2. The molecule has 0 bridgehead atoms. The number of rotatable bonds is 9. The first-order chi connectivity index (χ1) is 13.4. The van der Waals surface area contributed by atoms with Crippen molar-refractivity contribution in [3.63, 3.8) is 0 Å². The molecule has 2 aromatic rings. The van der Waals surface area contributed by atoms with Gasteiger partial charge in [-0.15, -0.1) is 0 Å². The highest BCUT2D eigenvalue weighted by molar-refractivity contribution is 7.89. The van der Waals surface area contributed by atoms with Gasteiger partial charge in [0.15, 0.2) is 11.5 Å². The van der Waals surface area contributed by atoms with E-state index in [1.807, 2.05) is 6.07 Å². The summed E-state index contributed by atoms with van der Waals surface area (Å²) in [6, 6.07) is 9.53. The van der Waals surface area contributed by atoms with E-state index in [0.29, 0.717) is 23.7 Å². The molecule has 0 aliphatic rings. The smallest absolute Gasteiger partial charge is 0.254 e. The number of benzene rings is 2. The van der Waals surface area contributed by atoms with E-state index < -0.39 is 15.9 Å². The average molecular weight is 408 g/mol. The first kappa shape index (κ1) is 21.5. The van der Waals surface area contributed by atoms with Gasteiger partial charge in [-0.25, -0.2) is 13.1 Å². The molecule has 0 aliphatic heterocycles. The third-order valence-corrected chi connectivity index (χ3v) is 5.57. The number of carbonyl (C=O) groups is 1. The third-order valence-electron chi connectivity index (χ3n) is 4.11. The van der Waals surface area contributed by atoms with Gasteiger partial charge in [-0.2, -0.15) is 0 Å². The molecule has 2 aromatic carbocycles. The highest BCUT2D eigenvalue weighted by Gasteiger charge is 2.19. The third kappa shape index (κ3) is 4.93. The Morgan fingerprint density at radius 2 is 1.57 bits per heavy atom. The summed E-state index contributed by atoms with van der Waals surface area (Å²) >= 11 is 0. The fourth-order valence-electron chi connectivity index (χ4n) is 2.62. The van der Waals surface area contributed by atoms with E-state index in [1.54, 1.807) is 19.2 Å². The Labute approximate surface area is 164 Å². The number of hydrogen-bond acceptors (Lipinski definition) is 6. The first-order valence-corrected chi connectivity index (χ1v) is 9.95. The Bertz CT molecular complexity index is 943. The maximum Gasteiger partial charge on any atom is 0.254 e. The van der Waals surface area contributed by atoms with Gasteiger partial charge in [0.1, 0.15) is 5.75 Å². The topological polar surface area (TPSA) is 103 Å². The molecular weight excluding hydrogens is 384 g/mol. The second kappa shape index (κ2) is 9.43. The van der Waals surface area contributed by atoms with Crippen LogP contribution < -0.4 is 24.2 Å². The van der Waals surface area contributed by atoms with Gasteiger partial charge in [-0.3, -0.25) is 4.79 Å². The quantitative estimate of drug-likeness (QED) is 0.653. The fraction of sp³-hybridized carbons (Fsp3) is 0.316. The lowest BCUT2D eigenvalue weighted by Gasteiger charge is -2.12. The van der Waals surface area contributed by atoms with Crippen LogP contribution in [0.1, 0.15) is 15.9 Å². The molecule has 1 amide bonds. The Kier molecular flexibility index (Phi) is 7.24. The van der Waals surface area contributed by atoms with Crippen LogP contribution in [0.5, 0.6) is 17.2 Å². The van der Waals surface area contributed by atoms with E-state index in [2.05, 4.69) is 10.0 Å². The zero-order valence-electron chi connectivity index (χ0n) is 16.2. The van der Waals surface area contributed by atoms with Crippen LogP contribution in [0.15, 0.2) is 41.3 Å². The standard InChI is InChI=1S/C19H24N2O6S/c1-20-19(22)15-12-14(6-8-16(15)25-2)28(23,24)21-10-9-13-5-7-17(26-3)18(11-13)27-4/h5-8,11-12,21H,9-10H2,1-4H3,(H,20,22). The van der Waals surface area contributed by atoms with Gasteiger partial charge in [0.2, 0.25) is 10.0 Å². The molecule has 152 valence electrons. The molecule has 8 nitrogen and oxygen atoms in total. The maximum atomic E-state index is 12.6. The summed E-state index contributed by atoms with van der Waals surface area (Å²) in [4.78, 5) is 11.9.